The van der Waals surface area contributed by atoms with Gasteiger partial charge in [0.15, 0.2) is 0 Å². The molecule has 20 heavy (non-hydrogen) atoms. The zero-order valence-corrected chi connectivity index (χ0v) is 13.2. The first kappa shape index (κ1) is 16.6. The van der Waals surface area contributed by atoms with Gasteiger partial charge in [0.2, 0.25) is 5.91 Å². The Kier molecular flexibility index (Phi) is 6.07. The van der Waals surface area contributed by atoms with Crippen LogP contribution in [-0.4, -0.2) is 41.7 Å². The Bertz CT molecular complexity index is 459. The number of esters is 1. The van der Waals surface area contributed by atoms with Gasteiger partial charge in [-0.05, 0) is 32.9 Å². The van der Waals surface area contributed by atoms with E-state index < -0.39 is 5.54 Å². The largest absolute Gasteiger partial charge is 0.464 e. The van der Waals surface area contributed by atoms with Crippen molar-refractivity contribution in [1.82, 2.24) is 4.90 Å². The molecular formula is C15H21NO3S. The fourth-order valence-corrected chi connectivity index (χ4v) is 2.35. The van der Waals surface area contributed by atoms with Crippen LogP contribution in [0.25, 0.3) is 0 Å². The number of ether oxygens (including phenoxy) is 1. The van der Waals surface area contributed by atoms with Crippen LogP contribution in [0, 0.1) is 0 Å². The van der Waals surface area contributed by atoms with E-state index in [-0.39, 0.29) is 11.9 Å². The van der Waals surface area contributed by atoms with Gasteiger partial charge in [-0.2, -0.15) is 0 Å². The Hall–Kier alpha value is -1.49. The van der Waals surface area contributed by atoms with Crippen molar-refractivity contribution >= 4 is 23.6 Å². The van der Waals surface area contributed by atoms with Crippen LogP contribution in [0.3, 0.4) is 0 Å². The van der Waals surface area contributed by atoms with Gasteiger partial charge in [-0.1, -0.05) is 18.2 Å². The zero-order chi connectivity index (χ0) is 15.2. The van der Waals surface area contributed by atoms with E-state index in [1.165, 1.54) is 16.7 Å². The number of amides is 1. The number of rotatable bonds is 6. The minimum atomic E-state index is -0.954. The monoisotopic (exact) mass is 295 g/mol. The quantitative estimate of drug-likeness (QED) is 0.598. The number of carbonyl (C=O) groups excluding carboxylic acids is 2. The molecule has 0 atom stereocenters. The summed E-state index contributed by atoms with van der Waals surface area (Å²) in [6.07, 6.45) is 0. The average molecular weight is 295 g/mol. The minimum absolute atomic E-state index is 0.100. The first-order valence-corrected chi connectivity index (χ1v) is 7.50. The van der Waals surface area contributed by atoms with E-state index >= 15 is 0 Å². The highest BCUT2D eigenvalue weighted by molar-refractivity contribution is 8.00. The molecule has 4 nitrogen and oxygen atoms in total. The molecular weight excluding hydrogens is 274 g/mol. The third-order valence-corrected chi connectivity index (χ3v) is 4.09. The Balaban J connectivity index is 2.60. The molecule has 0 saturated carbocycles. The lowest BCUT2D eigenvalue weighted by Gasteiger charge is -2.33. The first-order valence-electron chi connectivity index (χ1n) is 6.51. The molecule has 0 aliphatic carbocycles. The standard InChI is InChI=1S/C15H21NO3S/c1-5-19-14(18)15(2,3)16(4)13(17)11-20-12-9-7-6-8-10-12/h6-10H,5,11H2,1-4H3. The van der Waals surface area contributed by atoms with Crippen LogP contribution in [0.1, 0.15) is 20.8 Å². The second-order valence-corrected chi connectivity index (χ2v) is 5.88. The molecule has 0 aliphatic heterocycles. The number of carbonyl (C=O) groups is 2. The molecule has 0 aliphatic rings. The summed E-state index contributed by atoms with van der Waals surface area (Å²) in [5.41, 5.74) is -0.954. The van der Waals surface area contributed by atoms with Gasteiger partial charge < -0.3 is 9.64 Å². The normalized spacial score (nSPS) is 11.0. The highest BCUT2D eigenvalue weighted by Crippen LogP contribution is 2.20. The van der Waals surface area contributed by atoms with E-state index in [2.05, 4.69) is 0 Å². The number of hydrogen-bond acceptors (Lipinski definition) is 4. The van der Waals surface area contributed by atoms with Crippen molar-refractivity contribution < 1.29 is 14.3 Å². The molecule has 0 fully saturated rings. The van der Waals surface area contributed by atoms with E-state index in [1.54, 1.807) is 27.8 Å². The van der Waals surface area contributed by atoms with Crippen LogP contribution in [0.5, 0.6) is 0 Å². The summed E-state index contributed by atoms with van der Waals surface area (Å²) >= 11 is 1.45. The van der Waals surface area contributed by atoms with E-state index in [9.17, 15) is 9.59 Å². The van der Waals surface area contributed by atoms with E-state index in [0.29, 0.717) is 12.4 Å². The van der Waals surface area contributed by atoms with Gasteiger partial charge >= 0.3 is 5.97 Å². The Labute approximate surface area is 124 Å². The molecule has 0 saturated heterocycles. The highest BCUT2D eigenvalue weighted by atomic mass is 32.2. The predicted octanol–water partition coefficient (Wildman–Crippen LogP) is 2.58. The summed E-state index contributed by atoms with van der Waals surface area (Å²) in [6, 6.07) is 9.70. The smallest absolute Gasteiger partial charge is 0.331 e. The Morgan fingerprint density at radius 3 is 2.40 bits per heavy atom. The van der Waals surface area contributed by atoms with Crippen LogP contribution in [0.2, 0.25) is 0 Å². The topological polar surface area (TPSA) is 46.6 Å². The number of hydrogen-bond donors (Lipinski definition) is 0. The number of thioether (sulfide) groups is 1. The minimum Gasteiger partial charge on any atom is -0.464 e. The molecule has 110 valence electrons. The fraction of sp³-hybridized carbons (Fsp3) is 0.467. The van der Waals surface area contributed by atoms with Crippen molar-refractivity contribution in [2.75, 3.05) is 19.4 Å². The Morgan fingerprint density at radius 1 is 1.25 bits per heavy atom. The summed E-state index contributed by atoms with van der Waals surface area (Å²) in [7, 11) is 1.63. The number of benzene rings is 1. The van der Waals surface area contributed by atoms with Crippen LogP contribution < -0.4 is 0 Å². The third kappa shape index (κ3) is 4.27. The fourth-order valence-electron chi connectivity index (χ4n) is 1.52. The van der Waals surface area contributed by atoms with E-state index in [4.69, 9.17) is 4.74 Å². The molecule has 0 bridgehead atoms. The molecule has 0 heterocycles. The van der Waals surface area contributed by atoms with Crippen molar-refractivity contribution in [3.05, 3.63) is 30.3 Å². The van der Waals surface area contributed by atoms with Gasteiger partial charge in [-0.25, -0.2) is 4.79 Å². The summed E-state index contributed by atoms with van der Waals surface area (Å²) in [5.74, 6) is -0.193. The second-order valence-electron chi connectivity index (χ2n) is 4.83. The molecule has 0 N–H and O–H groups in total. The number of nitrogens with zero attached hydrogens (tertiary/aromatic N) is 1. The second kappa shape index (κ2) is 7.33. The molecule has 5 heteroatoms. The first-order chi connectivity index (χ1) is 9.39. The lowest BCUT2D eigenvalue weighted by atomic mass is 10.0. The van der Waals surface area contributed by atoms with Gasteiger partial charge in [-0.15, -0.1) is 11.8 Å². The van der Waals surface area contributed by atoms with E-state index in [1.807, 2.05) is 30.3 Å². The lowest BCUT2D eigenvalue weighted by Crippen LogP contribution is -2.52. The van der Waals surface area contributed by atoms with E-state index in [0.717, 1.165) is 4.90 Å². The van der Waals surface area contributed by atoms with Gasteiger partial charge in [0.05, 0.1) is 12.4 Å². The molecule has 1 aromatic rings. The maximum Gasteiger partial charge on any atom is 0.331 e. The van der Waals surface area contributed by atoms with Crippen molar-refractivity contribution in [2.24, 2.45) is 0 Å². The van der Waals surface area contributed by atoms with Gasteiger partial charge in [0.1, 0.15) is 5.54 Å². The molecule has 0 spiro atoms. The van der Waals surface area contributed by atoms with Crippen LogP contribution in [0.4, 0.5) is 0 Å². The zero-order valence-electron chi connectivity index (χ0n) is 12.4. The maximum atomic E-state index is 12.2. The number of likely N-dealkylation sites (N-methyl/N-ethyl adjacent to an activating group) is 1. The lowest BCUT2D eigenvalue weighted by molar-refractivity contribution is -0.159. The van der Waals surface area contributed by atoms with Gasteiger partial charge in [0.25, 0.3) is 0 Å². The SMILES string of the molecule is CCOC(=O)C(C)(C)N(C)C(=O)CSc1ccccc1. The van der Waals surface area contributed by atoms with Crippen LogP contribution >= 0.6 is 11.8 Å². The summed E-state index contributed by atoms with van der Waals surface area (Å²) < 4.78 is 5.00. The van der Waals surface area contributed by atoms with Crippen LogP contribution in [0.15, 0.2) is 35.2 Å². The molecule has 0 aromatic heterocycles. The molecule has 0 radical (unpaired) electrons. The van der Waals surface area contributed by atoms with Crippen LogP contribution in [-0.2, 0) is 14.3 Å². The van der Waals surface area contributed by atoms with Gasteiger partial charge in [-0.3, -0.25) is 4.79 Å². The maximum absolute atomic E-state index is 12.2. The van der Waals surface area contributed by atoms with Crippen molar-refractivity contribution in [2.45, 2.75) is 31.2 Å². The molecule has 1 rings (SSSR count). The summed E-state index contributed by atoms with van der Waals surface area (Å²) in [6.45, 7) is 5.44. The molecule has 1 aromatic carbocycles. The van der Waals surface area contributed by atoms with Crippen molar-refractivity contribution in [3.63, 3.8) is 0 Å². The summed E-state index contributed by atoms with van der Waals surface area (Å²) in [5, 5.41) is 0. The van der Waals surface area contributed by atoms with Crippen molar-refractivity contribution in [1.29, 1.82) is 0 Å². The van der Waals surface area contributed by atoms with Crippen molar-refractivity contribution in [3.8, 4) is 0 Å². The molecule has 1 amide bonds. The molecule has 0 unspecified atom stereocenters. The third-order valence-electron chi connectivity index (χ3n) is 3.09. The average Bonchev–Trinajstić information content (AvgIpc) is 2.45. The summed E-state index contributed by atoms with van der Waals surface area (Å²) in [4.78, 5) is 26.5. The van der Waals surface area contributed by atoms with Gasteiger partial charge in [0, 0.05) is 11.9 Å². The Morgan fingerprint density at radius 2 is 1.85 bits per heavy atom. The highest BCUT2D eigenvalue weighted by Gasteiger charge is 2.36. The predicted molar refractivity (Wildman–Crippen MR) is 80.6 cm³/mol.